The Balaban J connectivity index is 1.95. The van der Waals surface area contributed by atoms with Crippen LogP contribution in [0, 0.1) is 11.3 Å². The van der Waals surface area contributed by atoms with Gasteiger partial charge in [-0.1, -0.05) is 18.6 Å². The maximum atomic E-state index is 9.53. The number of benzene rings is 1. The molecule has 0 aliphatic carbocycles. The van der Waals surface area contributed by atoms with E-state index in [0.717, 1.165) is 37.2 Å². The highest BCUT2D eigenvalue weighted by molar-refractivity contribution is 7.98. The number of fused-ring (bicyclic) bond motifs is 1. The lowest BCUT2D eigenvalue weighted by Crippen LogP contribution is -2.05. The first-order valence-corrected chi connectivity index (χ1v) is 8.72. The van der Waals surface area contributed by atoms with Gasteiger partial charge in [0.15, 0.2) is 5.82 Å². The molecule has 4 nitrogen and oxygen atoms in total. The third-order valence-electron chi connectivity index (χ3n) is 3.90. The summed E-state index contributed by atoms with van der Waals surface area (Å²) >= 11 is 1.71. The fraction of sp³-hybridized carbons (Fsp3) is 0.353. The molecule has 0 bridgehead atoms. The molecule has 0 N–H and O–H groups in total. The van der Waals surface area contributed by atoms with Gasteiger partial charge in [-0.15, -0.1) is 22.0 Å². The first kappa shape index (κ1) is 14.9. The monoisotopic (exact) mass is 310 g/mol. The van der Waals surface area contributed by atoms with Gasteiger partial charge in [0.05, 0.1) is 5.57 Å². The summed E-state index contributed by atoms with van der Waals surface area (Å²) in [4.78, 5) is 1.21. The molecule has 0 saturated carbocycles. The molecule has 0 radical (unpaired) electrons. The number of rotatable bonds is 3. The number of hydrogen-bond donors (Lipinski definition) is 0. The van der Waals surface area contributed by atoms with Gasteiger partial charge in [-0.3, -0.25) is 0 Å². The highest BCUT2D eigenvalue weighted by Crippen LogP contribution is 2.22. The summed E-state index contributed by atoms with van der Waals surface area (Å²) in [5.74, 6) is 1.71. The second-order valence-corrected chi connectivity index (χ2v) is 6.22. The van der Waals surface area contributed by atoms with E-state index in [1.54, 1.807) is 11.8 Å². The number of thioether (sulfide) groups is 1. The molecule has 1 aromatic carbocycles. The molecule has 0 amide bonds. The maximum absolute atomic E-state index is 9.53. The lowest BCUT2D eigenvalue weighted by molar-refractivity contribution is 0.627. The molecule has 112 valence electrons. The maximum Gasteiger partial charge on any atom is 0.174 e. The summed E-state index contributed by atoms with van der Waals surface area (Å²) < 4.78 is 2.11. The fourth-order valence-electron chi connectivity index (χ4n) is 2.70. The molecule has 0 fully saturated rings. The molecule has 0 saturated heterocycles. The summed E-state index contributed by atoms with van der Waals surface area (Å²) in [5.41, 5.74) is 1.60. The van der Waals surface area contributed by atoms with Gasteiger partial charge in [0.25, 0.3) is 0 Å². The zero-order valence-electron chi connectivity index (χ0n) is 12.6. The first-order chi connectivity index (χ1) is 10.8. The molecular weight excluding hydrogens is 292 g/mol. The number of hydrogen-bond acceptors (Lipinski definition) is 4. The Bertz CT molecular complexity index is 722. The van der Waals surface area contributed by atoms with Crippen molar-refractivity contribution in [2.24, 2.45) is 0 Å². The molecule has 5 heteroatoms. The summed E-state index contributed by atoms with van der Waals surface area (Å²) in [6.07, 6.45) is 8.39. The van der Waals surface area contributed by atoms with E-state index in [4.69, 9.17) is 0 Å². The molecule has 3 rings (SSSR count). The van der Waals surface area contributed by atoms with Gasteiger partial charge < -0.3 is 4.57 Å². The molecule has 1 aliphatic heterocycles. The van der Waals surface area contributed by atoms with Crippen molar-refractivity contribution in [2.75, 3.05) is 6.26 Å². The predicted molar refractivity (Wildman–Crippen MR) is 89.3 cm³/mol. The van der Waals surface area contributed by atoms with E-state index in [9.17, 15) is 5.26 Å². The summed E-state index contributed by atoms with van der Waals surface area (Å²) in [5, 5.41) is 18.1. The van der Waals surface area contributed by atoms with E-state index < -0.39 is 0 Å². The Kier molecular flexibility index (Phi) is 4.59. The van der Waals surface area contributed by atoms with Gasteiger partial charge >= 0.3 is 0 Å². The number of aryl methyl sites for hydroxylation is 1. The lowest BCUT2D eigenvalue weighted by atomic mass is 10.1. The van der Waals surface area contributed by atoms with Crippen molar-refractivity contribution >= 4 is 23.4 Å². The second kappa shape index (κ2) is 6.80. The molecule has 1 aliphatic rings. The average Bonchev–Trinajstić information content (AvgIpc) is 2.81. The molecule has 2 heterocycles. The van der Waals surface area contributed by atoms with Crippen LogP contribution in [0.5, 0.6) is 0 Å². The van der Waals surface area contributed by atoms with Gasteiger partial charge in [0, 0.05) is 17.9 Å². The van der Waals surface area contributed by atoms with Crippen LogP contribution in [0.25, 0.3) is 11.6 Å². The Morgan fingerprint density at radius 1 is 1.23 bits per heavy atom. The fourth-order valence-corrected chi connectivity index (χ4v) is 3.11. The Morgan fingerprint density at radius 3 is 2.77 bits per heavy atom. The average molecular weight is 310 g/mol. The minimum Gasteiger partial charge on any atom is -0.310 e. The van der Waals surface area contributed by atoms with Gasteiger partial charge in [-0.2, -0.15) is 5.26 Å². The topological polar surface area (TPSA) is 54.5 Å². The van der Waals surface area contributed by atoms with Crippen LogP contribution < -0.4 is 0 Å². The van der Waals surface area contributed by atoms with Crippen molar-refractivity contribution < 1.29 is 0 Å². The van der Waals surface area contributed by atoms with Crippen LogP contribution in [0.4, 0.5) is 0 Å². The van der Waals surface area contributed by atoms with E-state index in [2.05, 4.69) is 39.2 Å². The van der Waals surface area contributed by atoms with E-state index in [-0.39, 0.29) is 0 Å². The smallest absolute Gasteiger partial charge is 0.174 e. The predicted octanol–water partition coefficient (Wildman–Crippen LogP) is 3.79. The van der Waals surface area contributed by atoms with Gasteiger partial charge in [0.1, 0.15) is 11.9 Å². The minimum absolute atomic E-state index is 0.581. The Labute approximate surface area is 134 Å². The number of nitriles is 1. The van der Waals surface area contributed by atoms with Crippen molar-refractivity contribution in [3.8, 4) is 6.07 Å². The van der Waals surface area contributed by atoms with E-state index in [1.807, 2.05) is 18.2 Å². The van der Waals surface area contributed by atoms with Crippen LogP contribution >= 0.6 is 11.8 Å². The van der Waals surface area contributed by atoms with Crippen LogP contribution in [0.3, 0.4) is 0 Å². The van der Waals surface area contributed by atoms with Gasteiger partial charge in [-0.05, 0) is 42.9 Å². The standard InChI is InChI=1S/C17H18N4S/c1-22-15-8-6-13(7-9-15)11-14(12-18)17-20-19-16-5-3-2-4-10-21(16)17/h6-9,11H,2-5,10H2,1H3/b14-11+. The third kappa shape index (κ3) is 3.07. The van der Waals surface area contributed by atoms with Crippen LogP contribution in [-0.4, -0.2) is 21.0 Å². The highest BCUT2D eigenvalue weighted by atomic mass is 32.2. The Hall–Kier alpha value is -2.06. The highest BCUT2D eigenvalue weighted by Gasteiger charge is 2.17. The van der Waals surface area contributed by atoms with Crippen LogP contribution in [0.15, 0.2) is 29.2 Å². The van der Waals surface area contributed by atoms with Crippen LogP contribution in [0.2, 0.25) is 0 Å². The molecule has 2 aromatic rings. The molecular formula is C17H18N4S. The zero-order valence-corrected chi connectivity index (χ0v) is 13.4. The van der Waals surface area contributed by atoms with E-state index >= 15 is 0 Å². The van der Waals surface area contributed by atoms with Crippen LogP contribution in [0.1, 0.15) is 36.5 Å². The molecule has 22 heavy (non-hydrogen) atoms. The zero-order chi connectivity index (χ0) is 15.4. The molecule has 0 atom stereocenters. The summed E-state index contributed by atoms with van der Waals surface area (Å²) in [6, 6.07) is 10.5. The number of aromatic nitrogens is 3. The number of allylic oxidation sites excluding steroid dienone is 1. The number of nitrogens with zero attached hydrogens (tertiary/aromatic N) is 4. The van der Waals surface area contributed by atoms with Crippen LogP contribution in [-0.2, 0) is 13.0 Å². The van der Waals surface area contributed by atoms with Crippen molar-refractivity contribution in [3.63, 3.8) is 0 Å². The first-order valence-electron chi connectivity index (χ1n) is 7.50. The second-order valence-electron chi connectivity index (χ2n) is 5.35. The van der Waals surface area contributed by atoms with Crippen molar-refractivity contribution in [2.45, 2.75) is 37.1 Å². The van der Waals surface area contributed by atoms with E-state index in [1.165, 1.54) is 11.3 Å². The normalized spacial score (nSPS) is 15.0. The summed E-state index contributed by atoms with van der Waals surface area (Å²) in [6.45, 7) is 0.905. The van der Waals surface area contributed by atoms with Gasteiger partial charge in [0.2, 0.25) is 0 Å². The summed E-state index contributed by atoms with van der Waals surface area (Å²) in [7, 11) is 0. The minimum atomic E-state index is 0.581. The van der Waals surface area contributed by atoms with Crippen molar-refractivity contribution in [1.82, 2.24) is 14.8 Å². The Morgan fingerprint density at radius 2 is 2.05 bits per heavy atom. The quantitative estimate of drug-likeness (QED) is 0.639. The van der Waals surface area contributed by atoms with Crippen molar-refractivity contribution in [3.05, 3.63) is 41.5 Å². The largest absolute Gasteiger partial charge is 0.310 e. The molecule has 0 unspecified atom stereocenters. The lowest BCUT2D eigenvalue weighted by Gasteiger charge is -2.06. The molecule has 1 aromatic heterocycles. The third-order valence-corrected chi connectivity index (χ3v) is 4.64. The SMILES string of the molecule is CSc1ccc(/C=C(\C#N)c2nnc3n2CCCCC3)cc1. The van der Waals surface area contributed by atoms with Crippen molar-refractivity contribution in [1.29, 1.82) is 5.26 Å². The van der Waals surface area contributed by atoms with Gasteiger partial charge in [-0.25, -0.2) is 0 Å². The molecule has 0 spiro atoms. The van der Waals surface area contributed by atoms with E-state index in [0.29, 0.717) is 11.4 Å².